The molecule has 0 aliphatic carbocycles. The molecular formula is C15H13NO6. The van der Waals surface area contributed by atoms with Gasteiger partial charge in [-0.05, 0) is 30.3 Å². The molecule has 0 aromatic heterocycles. The van der Waals surface area contributed by atoms with Crippen LogP contribution >= 0.6 is 0 Å². The minimum Gasteiger partial charge on any atom is -0.595 e. The average molecular weight is 303 g/mol. The van der Waals surface area contributed by atoms with Crippen LogP contribution in [0.15, 0.2) is 48.5 Å². The van der Waals surface area contributed by atoms with Gasteiger partial charge in [0, 0.05) is 12.1 Å². The molecule has 0 heterocycles. The lowest BCUT2D eigenvalue weighted by molar-refractivity contribution is -0.991. The number of benzene rings is 2. The molecule has 2 aromatic rings. The largest absolute Gasteiger partial charge is 0.595 e. The molecule has 0 aliphatic rings. The van der Waals surface area contributed by atoms with Gasteiger partial charge in [-0.2, -0.15) is 5.23 Å². The molecule has 2 N–H and O–H groups in total. The Balaban J connectivity index is 2.12. The normalized spacial score (nSPS) is 11.6. The molecule has 0 saturated carbocycles. The van der Waals surface area contributed by atoms with E-state index in [9.17, 15) is 14.8 Å². The Kier molecular flexibility index (Phi) is 4.84. The van der Waals surface area contributed by atoms with E-state index in [4.69, 9.17) is 9.94 Å². The average Bonchev–Trinajstić information content (AvgIpc) is 2.54. The Morgan fingerprint density at radius 1 is 1.05 bits per heavy atom. The van der Waals surface area contributed by atoms with E-state index in [2.05, 4.69) is 4.74 Å². The Morgan fingerprint density at radius 3 is 2.32 bits per heavy atom. The van der Waals surface area contributed by atoms with E-state index in [1.165, 1.54) is 55.6 Å². The smallest absolute Gasteiger partial charge is 0.343 e. The lowest BCUT2D eigenvalue weighted by atomic mass is 10.2. The third-order valence-corrected chi connectivity index (χ3v) is 2.83. The summed E-state index contributed by atoms with van der Waals surface area (Å²) in [7, 11) is 1.27. The fraction of sp³-hybridized carbons (Fsp3) is 0.0667. The SMILES string of the molecule is COC(=O)c1ccc(OC(=O)c2cccc([NH+]([O-])O)c2)cc1. The van der Waals surface area contributed by atoms with Gasteiger partial charge in [0.05, 0.1) is 18.2 Å². The standard InChI is InChI=1S/C15H13NO6/c1-21-14(17)10-5-7-13(8-6-10)22-15(18)11-3-2-4-12(9-11)16(19)20/h2-9,16,19H,1H3. The summed E-state index contributed by atoms with van der Waals surface area (Å²) in [5.41, 5.74) is 0.447. The van der Waals surface area contributed by atoms with E-state index in [1.807, 2.05) is 0 Å². The zero-order chi connectivity index (χ0) is 16.1. The molecule has 7 heteroatoms. The van der Waals surface area contributed by atoms with Gasteiger partial charge in [0.15, 0.2) is 5.69 Å². The summed E-state index contributed by atoms with van der Waals surface area (Å²) < 4.78 is 9.68. The maximum atomic E-state index is 12.0. The number of hydrogen-bond donors (Lipinski definition) is 2. The number of methoxy groups -OCH3 is 1. The third-order valence-electron chi connectivity index (χ3n) is 2.83. The first-order valence-electron chi connectivity index (χ1n) is 6.25. The summed E-state index contributed by atoms with van der Waals surface area (Å²) in [5.74, 6) is -0.945. The summed E-state index contributed by atoms with van der Waals surface area (Å²) in [5, 5.41) is 18.6. The second-order valence-electron chi connectivity index (χ2n) is 4.29. The zero-order valence-electron chi connectivity index (χ0n) is 11.6. The molecule has 1 atom stereocenters. The molecule has 0 radical (unpaired) electrons. The first-order chi connectivity index (χ1) is 10.5. The lowest BCUT2D eigenvalue weighted by Crippen LogP contribution is -2.99. The van der Waals surface area contributed by atoms with Crippen LogP contribution in [-0.4, -0.2) is 24.3 Å². The van der Waals surface area contributed by atoms with Crippen LogP contribution in [0.2, 0.25) is 0 Å². The monoisotopic (exact) mass is 303 g/mol. The summed E-state index contributed by atoms with van der Waals surface area (Å²) in [6.45, 7) is 0. The van der Waals surface area contributed by atoms with Crippen molar-refractivity contribution in [3.8, 4) is 5.75 Å². The number of carbonyl (C=O) groups excluding carboxylic acids is 2. The molecule has 7 nitrogen and oxygen atoms in total. The molecule has 0 spiro atoms. The molecule has 0 amide bonds. The lowest BCUT2D eigenvalue weighted by Gasteiger charge is -2.12. The molecule has 22 heavy (non-hydrogen) atoms. The van der Waals surface area contributed by atoms with Gasteiger partial charge in [0.1, 0.15) is 5.75 Å². The highest BCUT2D eigenvalue weighted by Gasteiger charge is 2.12. The van der Waals surface area contributed by atoms with Crippen molar-refractivity contribution in [3.05, 3.63) is 64.9 Å². The molecule has 0 saturated heterocycles. The molecule has 0 fully saturated rings. The van der Waals surface area contributed by atoms with Gasteiger partial charge >= 0.3 is 11.9 Å². The van der Waals surface area contributed by atoms with Crippen LogP contribution in [0.25, 0.3) is 0 Å². The predicted molar refractivity (Wildman–Crippen MR) is 75.0 cm³/mol. The maximum Gasteiger partial charge on any atom is 0.343 e. The van der Waals surface area contributed by atoms with Crippen molar-refractivity contribution >= 4 is 17.6 Å². The van der Waals surface area contributed by atoms with E-state index < -0.39 is 17.2 Å². The first kappa shape index (κ1) is 15.6. The maximum absolute atomic E-state index is 12.0. The van der Waals surface area contributed by atoms with Crippen molar-refractivity contribution < 1.29 is 29.5 Å². The van der Waals surface area contributed by atoms with E-state index in [0.29, 0.717) is 5.56 Å². The zero-order valence-corrected chi connectivity index (χ0v) is 11.6. The Labute approximate surface area is 125 Å². The van der Waals surface area contributed by atoms with Gasteiger partial charge in [0.2, 0.25) is 0 Å². The van der Waals surface area contributed by atoms with E-state index in [1.54, 1.807) is 0 Å². The van der Waals surface area contributed by atoms with Crippen LogP contribution in [0.1, 0.15) is 20.7 Å². The van der Waals surface area contributed by atoms with Crippen molar-refractivity contribution in [2.24, 2.45) is 0 Å². The van der Waals surface area contributed by atoms with E-state index in [-0.39, 0.29) is 17.0 Å². The van der Waals surface area contributed by atoms with Gasteiger partial charge in [-0.25, -0.2) is 14.8 Å². The Bertz CT molecular complexity index is 681. The van der Waals surface area contributed by atoms with Crippen LogP contribution in [0.4, 0.5) is 5.69 Å². The second kappa shape index (κ2) is 6.81. The second-order valence-corrected chi connectivity index (χ2v) is 4.29. The number of esters is 2. The summed E-state index contributed by atoms with van der Waals surface area (Å²) in [4.78, 5) is 23.2. The molecule has 0 aliphatic heterocycles. The highest BCUT2D eigenvalue weighted by molar-refractivity contribution is 5.92. The van der Waals surface area contributed by atoms with Gasteiger partial charge in [-0.15, -0.1) is 0 Å². The Morgan fingerprint density at radius 2 is 1.73 bits per heavy atom. The predicted octanol–water partition coefficient (Wildman–Crippen LogP) is 1.10. The summed E-state index contributed by atoms with van der Waals surface area (Å²) >= 11 is 0. The van der Waals surface area contributed by atoms with Crippen LogP contribution in [0.3, 0.4) is 0 Å². The third kappa shape index (κ3) is 3.67. The number of ether oxygens (including phenoxy) is 2. The van der Waals surface area contributed by atoms with Gasteiger partial charge in [0.25, 0.3) is 0 Å². The number of rotatable bonds is 4. The number of carbonyl (C=O) groups is 2. The number of quaternary nitrogens is 1. The van der Waals surface area contributed by atoms with Crippen molar-refractivity contribution in [1.82, 2.24) is 0 Å². The minimum absolute atomic E-state index is 0.00418. The Hall–Kier alpha value is -2.74. The first-order valence-corrected chi connectivity index (χ1v) is 6.25. The van der Waals surface area contributed by atoms with Crippen molar-refractivity contribution in [2.45, 2.75) is 0 Å². The van der Waals surface area contributed by atoms with Crippen LogP contribution < -0.4 is 9.96 Å². The van der Waals surface area contributed by atoms with Crippen molar-refractivity contribution in [2.75, 3.05) is 7.11 Å². The number of hydrogen-bond acceptors (Lipinski definition) is 6. The number of nitrogens with one attached hydrogen (secondary N) is 1. The van der Waals surface area contributed by atoms with Gasteiger partial charge in [-0.1, -0.05) is 6.07 Å². The quantitative estimate of drug-likeness (QED) is 0.498. The van der Waals surface area contributed by atoms with E-state index in [0.717, 1.165) is 0 Å². The highest BCUT2D eigenvalue weighted by Crippen LogP contribution is 2.15. The molecule has 2 aromatic carbocycles. The van der Waals surface area contributed by atoms with E-state index >= 15 is 0 Å². The van der Waals surface area contributed by atoms with Crippen molar-refractivity contribution in [3.63, 3.8) is 0 Å². The topological polar surface area (TPSA) is 100 Å². The van der Waals surface area contributed by atoms with Crippen molar-refractivity contribution in [1.29, 1.82) is 0 Å². The molecule has 114 valence electrons. The molecule has 0 bridgehead atoms. The highest BCUT2D eigenvalue weighted by atomic mass is 16.8. The summed E-state index contributed by atoms with van der Waals surface area (Å²) in [6, 6.07) is 11.3. The minimum atomic E-state index is -1.13. The van der Waals surface area contributed by atoms with Gasteiger partial charge < -0.3 is 14.7 Å². The molecular weight excluding hydrogens is 290 g/mol. The fourth-order valence-electron chi connectivity index (χ4n) is 1.72. The fourth-order valence-corrected chi connectivity index (χ4v) is 1.72. The van der Waals surface area contributed by atoms with Gasteiger partial charge in [-0.3, -0.25) is 0 Å². The molecule has 1 unspecified atom stereocenters. The van der Waals surface area contributed by atoms with Crippen LogP contribution in [-0.2, 0) is 4.74 Å². The molecule has 2 rings (SSSR count). The van der Waals surface area contributed by atoms with Crippen LogP contribution in [0.5, 0.6) is 5.75 Å². The van der Waals surface area contributed by atoms with Crippen LogP contribution in [0, 0.1) is 5.21 Å². The summed E-state index contributed by atoms with van der Waals surface area (Å²) in [6.07, 6.45) is 0.